The van der Waals surface area contributed by atoms with Crippen molar-refractivity contribution in [2.24, 2.45) is 0 Å². The number of piperidine rings is 1. The van der Waals surface area contributed by atoms with Gasteiger partial charge in [0.25, 0.3) is 5.56 Å². The third kappa shape index (κ3) is 4.41. The van der Waals surface area contributed by atoms with Gasteiger partial charge in [-0.25, -0.2) is 9.97 Å². The van der Waals surface area contributed by atoms with E-state index in [0.29, 0.717) is 21.6 Å². The van der Waals surface area contributed by atoms with Gasteiger partial charge in [-0.15, -0.1) is 0 Å². The number of benzene rings is 1. The minimum Gasteiger partial charge on any atom is -0.305 e. The van der Waals surface area contributed by atoms with E-state index in [1.807, 2.05) is 18.2 Å². The zero-order valence-corrected chi connectivity index (χ0v) is 16.6. The van der Waals surface area contributed by atoms with Gasteiger partial charge in [0.05, 0.1) is 21.9 Å². The zero-order valence-electron chi connectivity index (χ0n) is 15.1. The van der Waals surface area contributed by atoms with Gasteiger partial charge in [-0.05, 0) is 37.1 Å². The first-order valence-electron chi connectivity index (χ1n) is 9.12. The molecule has 0 radical (unpaired) electrons. The van der Waals surface area contributed by atoms with Crippen LogP contribution in [-0.4, -0.2) is 37.9 Å². The lowest BCUT2D eigenvalue weighted by molar-refractivity contribution is 0.198. The minimum absolute atomic E-state index is 0.174. The Morgan fingerprint density at radius 2 is 2.07 bits per heavy atom. The fraction of sp³-hybridized carbons (Fsp3) is 0.300. The second-order valence-electron chi connectivity index (χ2n) is 6.93. The number of likely N-dealkylation sites (tertiary alicyclic amines) is 1. The molecule has 1 N–H and O–H groups in total. The lowest BCUT2D eigenvalue weighted by Gasteiger charge is -2.32. The van der Waals surface area contributed by atoms with Gasteiger partial charge in [0.2, 0.25) is 0 Å². The molecule has 1 atom stereocenters. The molecule has 4 rings (SSSR count). The molecule has 2 aromatic heterocycles. The standard InChI is InChI=1S/C20H19Cl2N5O/c21-15-4-3-13(8-16(15)22)11-27-7-1-2-14(12-27)17-9-19(28)26-20(25-17)18-10-23-5-6-24-18/h3-6,8-10,14H,1-2,7,11-12H2,(H,25,26,28). The highest BCUT2D eigenvalue weighted by Crippen LogP contribution is 2.28. The third-order valence-electron chi connectivity index (χ3n) is 4.88. The van der Waals surface area contributed by atoms with E-state index >= 15 is 0 Å². The quantitative estimate of drug-likeness (QED) is 0.698. The highest BCUT2D eigenvalue weighted by Gasteiger charge is 2.23. The molecule has 3 heterocycles. The summed E-state index contributed by atoms with van der Waals surface area (Å²) in [5.41, 5.74) is 2.30. The first-order chi connectivity index (χ1) is 13.6. The summed E-state index contributed by atoms with van der Waals surface area (Å²) in [6, 6.07) is 7.32. The Morgan fingerprint density at radius 3 is 2.86 bits per heavy atom. The Bertz CT molecular complexity index is 1020. The van der Waals surface area contributed by atoms with Crippen LogP contribution in [0.25, 0.3) is 11.5 Å². The second-order valence-corrected chi connectivity index (χ2v) is 7.75. The molecule has 0 aliphatic carbocycles. The predicted octanol–water partition coefficient (Wildman–Crippen LogP) is 3.91. The Balaban J connectivity index is 1.53. The largest absolute Gasteiger partial charge is 0.305 e. The number of hydrogen-bond donors (Lipinski definition) is 1. The number of nitrogens with one attached hydrogen (secondary N) is 1. The molecule has 1 unspecified atom stereocenters. The number of aromatic amines is 1. The van der Waals surface area contributed by atoms with Crippen LogP contribution in [0.5, 0.6) is 0 Å². The van der Waals surface area contributed by atoms with Gasteiger partial charge in [-0.3, -0.25) is 14.7 Å². The molecule has 0 saturated carbocycles. The van der Waals surface area contributed by atoms with Gasteiger partial charge in [0.1, 0.15) is 5.69 Å². The topological polar surface area (TPSA) is 74.8 Å². The SMILES string of the molecule is O=c1cc(C2CCCN(Cc3ccc(Cl)c(Cl)c3)C2)nc(-c2cnccn2)[nH]1. The molecule has 144 valence electrons. The predicted molar refractivity (Wildman–Crippen MR) is 110 cm³/mol. The van der Waals surface area contributed by atoms with Crippen molar-refractivity contribution in [1.82, 2.24) is 24.8 Å². The molecule has 1 aliphatic heterocycles. The van der Waals surface area contributed by atoms with Crippen LogP contribution in [-0.2, 0) is 6.54 Å². The summed E-state index contributed by atoms with van der Waals surface area (Å²) in [5.74, 6) is 0.645. The summed E-state index contributed by atoms with van der Waals surface area (Å²) >= 11 is 12.2. The lowest BCUT2D eigenvalue weighted by atomic mass is 9.94. The average Bonchev–Trinajstić information content (AvgIpc) is 2.71. The number of H-pyrrole nitrogens is 1. The molecule has 1 aliphatic rings. The van der Waals surface area contributed by atoms with Crippen LogP contribution >= 0.6 is 23.2 Å². The highest BCUT2D eigenvalue weighted by molar-refractivity contribution is 6.42. The van der Waals surface area contributed by atoms with Crippen LogP contribution in [0.2, 0.25) is 10.0 Å². The summed E-state index contributed by atoms with van der Waals surface area (Å²) in [5, 5.41) is 1.13. The van der Waals surface area contributed by atoms with E-state index in [4.69, 9.17) is 23.2 Å². The molecule has 28 heavy (non-hydrogen) atoms. The van der Waals surface area contributed by atoms with E-state index in [9.17, 15) is 4.79 Å². The Labute approximate surface area is 172 Å². The van der Waals surface area contributed by atoms with E-state index in [1.54, 1.807) is 24.7 Å². The molecule has 0 bridgehead atoms. The van der Waals surface area contributed by atoms with Gasteiger partial charge in [-0.2, -0.15) is 0 Å². The molecule has 3 aromatic rings. The van der Waals surface area contributed by atoms with Crippen molar-refractivity contribution in [3.8, 4) is 11.5 Å². The van der Waals surface area contributed by atoms with Gasteiger partial charge in [-0.1, -0.05) is 29.3 Å². The maximum Gasteiger partial charge on any atom is 0.251 e. The van der Waals surface area contributed by atoms with E-state index in [1.165, 1.54) is 0 Å². The number of hydrogen-bond acceptors (Lipinski definition) is 5. The Kier molecular flexibility index (Phi) is 5.71. The number of halogens is 2. The smallest absolute Gasteiger partial charge is 0.251 e. The number of aromatic nitrogens is 4. The van der Waals surface area contributed by atoms with Crippen LogP contribution in [0.15, 0.2) is 47.7 Å². The maximum absolute atomic E-state index is 12.2. The first-order valence-corrected chi connectivity index (χ1v) is 9.88. The molecular formula is C20H19Cl2N5O. The molecule has 8 heteroatoms. The fourth-order valence-corrected chi connectivity index (χ4v) is 3.89. The molecule has 0 amide bonds. The summed E-state index contributed by atoms with van der Waals surface area (Å²) in [6.07, 6.45) is 6.81. The van der Waals surface area contributed by atoms with E-state index in [2.05, 4.69) is 24.8 Å². The Hall–Kier alpha value is -2.28. The fourth-order valence-electron chi connectivity index (χ4n) is 3.56. The summed E-state index contributed by atoms with van der Waals surface area (Å²) in [4.78, 5) is 30.3. The third-order valence-corrected chi connectivity index (χ3v) is 5.62. The molecular weight excluding hydrogens is 397 g/mol. The van der Waals surface area contributed by atoms with Gasteiger partial charge >= 0.3 is 0 Å². The minimum atomic E-state index is -0.174. The number of nitrogens with zero attached hydrogens (tertiary/aromatic N) is 4. The number of rotatable bonds is 4. The molecule has 1 aromatic carbocycles. The van der Waals surface area contributed by atoms with Crippen molar-refractivity contribution in [3.63, 3.8) is 0 Å². The van der Waals surface area contributed by atoms with E-state index < -0.39 is 0 Å². The highest BCUT2D eigenvalue weighted by atomic mass is 35.5. The summed E-state index contributed by atoms with van der Waals surface area (Å²) in [7, 11) is 0. The second kappa shape index (κ2) is 8.39. The van der Waals surface area contributed by atoms with E-state index in [0.717, 1.165) is 43.7 Å². The normalized spacial score (nSPS) is 17.6. The van der Waals surface area contributed by atoms with Gasteiger partial charge in [0.15, 0.2) is 5.82 Å². The van der Waals surface area contributed by atoms with Crippen molar-refractivity contribution in [1.29, 1.82) is 0 Å². The van der Waals surface area contributed by atoms with Crippen LogP contribution in [0.1, 0.15) is 30.0 Å². The summed E-state index contributed by atoms with van der Waals surface area (Å²) < 4.78 is 0. The summed E-state index contributed by atoms with van der Waals surface area (Å²) in [6.45, 7) is 2.61. The van der Waals surface area contributed by atoms with Crippen molar-refractivity contribution < 1.29 is 0 Å². The Morgan fingerprint density at radius 1 is 1.18 bits per heavy atom. The van der Waals surface area contributed by atoms with Crippen LogP contribution in [0.3, 0.4) is 0 Å². The van der Waals surface area contributed by atoms with Crippen LogP contribution < -0.4 is 5.56 Å². The monoisotopic (exact) mass is 415 g/mol. The van der Waals surface area contributed by atoms with E-state index in [-0.39, 0.29) is 11.5 Å². The van der Waals surface area contributed by atoms with Crippen LogP contribution in [0, 0.1) is 0 Å². The zero-order chi connectivity index (χ0) is 19.5. The van der Waals surface area contributed by atoms with Crippen molar-refractivity contribution in [2.45, 2.75) is 25.3 Å². The lowest BCUT2D eigenvalue weighted by Crippen LogP contribution is -2.34. The van der Waals surface area contributed by atoms with Crippen molar-refractivity contribution in [3.05, 3.63) is 74.5 Å². The molecule has 6 nitrogen and oxygen atoms in total. The van der Waals surface area contributed by atoms with Crippen molar-refractivity contribution in [2.75, 3.05) is 13.1 Å². The molecule has 1 saturated heterocycles. The van der Waals surface area contributed by atoms with Gasteiger partial charge in [0, 0.05) is 37.5 Å². The van der Waals surface area contributed by atoms with Crippen LogP contribution in [0.4, 0.5) is 0 Å². The van der Waals surface area contributed by atoms with Gasteiger partial charge < -0.3 is 4.98 Å². The maximum atomic E-state index is 12.2. The molecule has 0 spiro atoms. The van der Waals surface area contributed by atoms with Crippen molar-refractivity contribution >= 4 is 23.2 Å². The molecule has 1 fully saturated rings. The average molecular weight is 416 g/mol. The first kappa shape index (κ1) is 19.1.